The van der Waals surface area contributed by atoms with Gasteiger partial charge in [0.25, 0.3) is 5.91 Å². The summed E-state index contributed by atoms with van der Waals surface area (Å²) in [5.41, 5.74) is 0.271. The molecule has 1 fully saturated rings. The lowest BCUT2D eigenvalue weighted by Gasteiger charge is -2.16. The van der Waals surface area contributed by atoms with Gasteiger partial charge in [-0.15, -0.1) is 0 Å². The topological polar surface area (TPSA) is 102 Å². The Bertz CT molecular complexity index is 769. The molecule has 0 aromatic heterocycles. The van der Waals surface area contributed by atoms with Gasteiger partial charge in [-0.2, -0.15) is 0 Å². The summed E-state index contributed by atoms with van der Waals surface area (Å²) in [6, 6.07) is 4.28. The number of ether oxygens (including phenoxy) is 2. The predicted molar refractivity (Wildman–Crippen MR) is 95.4 cm³/mol. The molecule has 0 unspecified atom stereocenters. The maximum absolute atomic E-state index is 12.4. The van der Waals surface area contributed by atoms with Gasteiger partial charge in [0.05, 0.1) is 13.0 Å². The summed E-state index contributed by atoms with van der Waals surface area (Å²) in [4.78, 5) is 23.8. The summed E-state index contributed by atoms with van der Waals surface area (Å²) in [6.45, 7) is -0.406. The lowest BCUT2D eigenvalue weighted by Crippen LogP contribution is -2.25. The minimum Gasteiger partial charge on any atom is -0.495 e. The average molecular weight is 384 g/mol. The van der Waals surface area contributed by atoms with Crippen LogP contribution < -0.4 is 10.1 Å². The Balaban J connectivity index is 2.04. The molecule has 0 bridgehead atoms. The Morgan fingerprint density at radius 1 is 1.23 bits per heavy atom. The largest absolute Gasteiger partial charge is 0.495 e. The molecule has 8 nitrogen and oxygen atoms in total. The van der Waals surface area contributed by atoms with E-state index in [1.54, 1.807) is 0 Å². The Labute approximate surface area is 153 Å². The molecule has 0 atom stereocenters. The highest BCUT2D eigenvalue weighted by molar-refractivity contribution is 7.89. The molecule has 1 aromatic carbocycles. The van der Waals surface area contributed by atoms with E-state index in [-0.39, 0.29) is 28.2 Å². The minimum atomic E-state index is -3.74. The van der Waals surface area contributed by atoms with Gasteiger partial charge in [-0.3, -0.25) is 9.59 Å². The van der Waals surface area contributed by atoms with Gasteiger partial charge in [0.15, 0.2) is 6.61 Å². The molecule has 1 N–H and O–H groups in total. The number of rotatable bonds is 7. The van der Waals surface area contributed by atoms with E-state index in [1.807, 2.05) is 0 Å². The molecule has 26 heavy (non-hydrogen) atoms. The number of hydrogen-bond acceptors (Lipinski definition) is 6. The van der Waals surface area contributed by atoms with Crippen molar-refractivity contribution in [2.24, 2.45) is 5.92 Å². The van der Waals surface area contributed by atoms with E-state index in [2.05, 4.69) is 5.32 Å². The number of carbonyl (C=O) groups excluding carboxylic acids is 2. The summed E-state index contributed by atoms with van der Waals surface area (Å²) >= 11 is 0. The Morgan fingerprint density at radius 3 is 2.46 bits per heavy atom. The zero-order valence-electron chi connectivity index (χ0n) is 15.1. The smallest absolute Gasteiger partial charge is 0.309 e. The van der Waals surface area contributed by atoms with E-state index in [1.165, 1.54) is 39.4 Å². The lowest BCUT2D eigenvalue weighted by atomic mass is 10.1. The number of nitrogens with zero attached hydrogens (tertiary/aromatic N) is 1. The number of anilines is 1. The molecule has 9 heteroatoms. The second-order valence-electron chi connectivity index (χ2n) is 6.29. The summed E-state index contributed by atoms with van der Waals surface area (Å²) in [5, 5.41) is 2.54. The fourth-order valence-corrected chi connectivity index (χ4v) is 3.84. The molecule has 1 amide bonds. The lowest BCUT2D eigenvalue weighted by molar-refractivity contribution is -0.151. The first-order valence-corrected chi connectivity index (χ1v) is 9.76. The van der Waals surface area contributed by atoms with E-state index in [9.17, 15) is 18.0 Å². The molecule has 0 radical (unpaired) electrons. The molecular weight excluding hydrogens is 360 g/mol. The van der Waals surface area contributed by atoms with Gasteiger partial charge in [-0.05, 0) is 31.0 Å². The number of benzene rings is 1. The molecule has 0 heterocycles. The van der Waals surface area contributed by atoms with E-state index >= 15 is 0 Å². The number of esters is 1. The molecule has 1 aromatic rings. The third-order valence-electron chi connectivity index (χ3n) is 4.24. The number of carbonyl (C=O) groups is 2. The van der Waals surface area contributed by atoms with Crippen molar-refractivity contribution in [1.29, 1.82) is 0 Å². The Morgan fingerprint density at radius 2 is 1.88 bits per heavy atom. The normalized spacial score (nSPS) is 15.1. The van der Waals surface area contributed by atoms with Gasteiger partial charge < -0.3 is 14.8 Å². The van der Waals surface area contributed by atoms with Crippen LogP contribution in [0.2, 0.25) is 0 Å². The van der Waals surface area contributed by atoms with Crippen LogP contribution in [0.1, 0.15) is 25.7 Å². The van der Waals surface area contributed by atoms with Gasteiger partial charge in [0, 0.05) is 19.8 Å². The fraction of sp³-hybridized carbons (Fsp3) is 0.529. The van der Waals surface area contributed by atoms with E-state index in [0.717, 1.165) is 30.0 Å². The second-order valence-corrected chi connectivity index (χ2v) is 8.41. The van der Waals surface area contributed by atoms with Crippen molar-refractivity contribution in [1.82, 2.24) is 4.31 Å². The standard InChI is InChI=1S/C17H24N2O6S/c1-19(2)26(22,23)15-10-13(8-9-14(15)24-3)18-16(20)11-25-17(21)12-6-4-5-7-12/h8-10,12H,4-7,11H2,1-3H3,(H,18,20). The highest BCUT2D eigenvalue weighted by Gasteiger charge is 2.25. The van der Waals surface area contributed by atoms with Crippen molar-refractivity contribution in [2.75, 3.05) is 33.1 Å². The predicted octanol–water partition coefficient (Wildman–Crippen LogP) is 1.62. The van der Waals surface area contributed by atoms with Crippen LogP contribution in [0.5, 0.6) is 5.75 Å². The molecule has 1 saturated carbocycles. The number of nitrogens with one attached hydrogen (secondary N) is 1. The van der Waals surface area contributed by atoms with Crippen LogP contribution in [-0.2, 0) is 24.3 Å². The van der Waals surface area contributed by atoms with Crippen LogP contribution in [-0.4, -0.2) is 52.4 Å². The first-order chi connectivity index (χ1) is 12.3. The summed E-state index contributed by atoms with van der Waals surface area (Å²) in [5.74, 6) is -0.844. The Hall–Kier alpha value is -2.13. The van der Waals surface area contributed by atoms with E-state index in [4.69, 9.17) is 9.47 Å². The number of sulfonamides is 1. The van der Waals surface area contributed by atoms with Gasteiger partial charge in [0.2, 0.25) is 10.0 Å². The Kier molecular flexibility index (Phi) is 6.60. The van der Waals surface area contributed by atoms with Crippen LogP contribution in [0.15, 0.2) is 23.1 Å². The first-order valence-electron chi connectivity index (χ1n) is 8.32. The number of amides is 1. The van der Waals surface area contributed by atoms with Gasteiger partial charge in [-0.25, -0.2) is 12.7 Å². The molecule has 144 valence electrons. The van der Waals surface area contributed by atoms with Crippen molar-refractivity contribution < 1.29 is 27.5 Å². The molecule has 1 aliphatic carbocycles. The first kappa shape index (κ1) is 20.2. The molecule has 0 aliphatic heterocycles. The minimum absolute atomic E-state index is 0.0641. The van der Waals surface area contributed by atoms with Crippen molar-refractivity contribution in [3.05, 3.63) is 18.2 Å². The van der Waals surface area contributed by atoms with Crippen LogP contribution >= 0.6 is 0 Å². The summed E-state index contributed by atoms with van der Waals surface area (Å²) in [7, 11) is 0.433. The molecule has 0 spiro atoms. The maximum Gasteiger partial charge on any atom is 0.309 e. The SMILES string of the molecule is COc1ccc(NC(=O)COC(=O)C2CCCC2)cc1S(=O)(=O)N(C)C. The third kappa shape index (κ3) is 4.73. The maximum atomic E-state index is 12.4. The van der Waals surface area contributed by atoms with Crippen LogP contribution in [0.4, 0.5) is 5.69 Å². The second kappa shape index (κ2) is 8.50. The van der Waals surface area contributed by atoms with Gasteiger partial charge in [-0.1, -0.05) is 12.8 Å². The van der Waals surface area contributed by atoms with E-state index in [0.29, 0.717) is 0 Å². The number of hydrogen-bond donors (Lipinski definition) is 1. The average Bonchev–Trinajstić information content (AvgIpc) is 3.14. The zero-order chi connectivity index (χ0) is 19.3. The van der Waals surface area contributed by atoms with Crippen molar-refractivity contribution in [3.63, 3.8) is 0 Å². The van der Waals surface area contributed by atoms with Crippen molar-refractivity contribution in [3.8, 4) is 5.75 Å². The summed E-state index contributed by atoms with van der Waals surface area (Å²) in [6.07, 6.45) is 3.59. The number of methoxy groups -OCH3 is 1. The van der Waals surface area contributed by atoms with Gasteiger partial charge in [0.1, 0.15) is 10.6 Å². The molecule has 0 saturated heterocycles. The highest BCUT2D eigenvalue weighted by Crippen LogP contribution is 2.29. The molecule has 2 rings (SSSR count). The van der Waals surface area contributed by atoms with Crippen LogP contribution in [0.3, 0.4) is 0 Å². The monoisotopic (exact) mass is 384 g/mol. The fourth-order valence-electron chi connectivity index (χ4n) is 2.77. The quantitative estimate of drug-likeness (QED) is 0.717. The third-order valence-corrected chi connectivity index (χ3v) is 6.08. The van der Waals surface area contributed by atoms with Crippen molar-refractivity contribution >= 4 is 27.6 Å². The van der Waals surface area contributed by atoms with Crippen LogP contribution in [0, 0.1) is 5.92 Å². The van der Waals surface area contributed by atoms with Crippen LogP contribution in [0.25, 0.3) is 0 Å². The molecular formula is C17H24N2O6S. The van der Waals surface area contributed by atoms with E-state index < -0.39 is 22.5 Å². The molecule has 1 aliphatic rings. The highest BCUT2D eigenvalue weighted by atomic mass is 32.2. The zero-order valence-corrected chi connectivity index (χ0v) is 16.0. The van der Waals surface area contributed by atoms with Gasteiger partial charge >= 0.3 is 5.97 Å². The van der Waals surface area contributed by atoms with Crippen molar-refractivity contribution in [2.45, 2.75) is 30.6 Å². The summed E-state index contributed by atoms with van der Waals surface area (Å²) < 4.78 is 35.9.